The van der Waals surface area contributed by atoms with Crippen molar-refractivity contribution in [2.45, 2.75) is 322 Å². The van der Waals surface area contributed by atoms with E-state index in [9.17, 15) is 43.2 Å². The van der Waals surface area contributed by atoms with Gasteiger partial charge in [0.2, 0.25) is 0 Å². The third-order valence-electron chi connectivity index (χ3n) is 13.9. The molecule has 0 aromatic heterocycles. The molecule has 0 bridgehead atoms. The van der Waals surface area contributed by atoms with E-state index in [2.05, 4.69) is 27.7 Å². The molecule has 0 saturated carbocycles. The van der Waals surface area contributed by atoms with Crippen LogP contribution in [0.4, 0.5) is 0 Å². The Labute approximate surface area is 479 Å². The molecule has 0 amide bonds. The zero-order valence-corrected chi connectivity index (χ0v) is 52.1. The first-order valence-electron chi connectivity index (χ1n) is 31.8. The second-order valence-corrected chi connectivity index (χ2v) is 24.6. The first-order chi connectivity index (χ1) is 38.2. The summed E-state index contributed by atoms with van der Waals surface area (Å²) in [7, 11) is -9.87. The smallest absolute Gasteiger partial charge is 0.462 e. The molecule has 0 heterocycles. The van der Waals surface area contributed by atoms with E-state index in [-0.39, 0.29) is 25.7 Å². The van der Waals surface area contributed by atoms with Crippen molar-refractivity contribution in [1.29, 1.82) is 0 Å². The van der Waals surface area contributed by atoms with Gasteiger partial charge in [-0.3, -0.25) is 37.3 Å². The first-order valence-corrected chi connectivity index (χ1v) is 34.8. The molecule has 0 aromatic rings. The summed E-state index contributed by atoms with van der Waals surface area (Å²) in [6.07, 6.45) is 38.8. The van der Waals surface area contributed by atoms with E-state index in [0.717, 1.165) is 89.9 Å². The van der Waals surface area contributed by atoms with Crippen molar-refractivity contribution >= 4 is 39.5 Å². The standard InChI is InChI=1S/C60H116O17P2/c1-5-9-13-17-21-25-26-27-31-35-39-43-47-60(65)77-56(51-71-58(63)45-41-37-33-29-23-19-15-11-7-3)53-75-79(68,69)73-49-54(61)48-72-78(66,67)74-52-55(76-59(64)46-42-38-34-30-24-20-16-12-8-4)50-70-57(62)44-40-36-32-28-22-18-14-10-6-2/h54-56,61H,5-53H2,1-4H3,(H,66,67)(H,68,69)/t54-,55+,56+/m0/s1. The molecule has 17 nitrogen and oxygen atoms in total. The molecule has 0 radical (unpaired) electrons. The number of hydrogen-bond acceptors (Lipinski definition) is 15. The Morgan fingerprint density at radius 2 is 0.506 bits per heavy atom. The molecule has 19 heteroatoms. The van der Waals surface area contributed by atoms with Crippen LogP contribution in [0.3, 0.4) is 0 Å². The van der Waals surface area contributed by atoms with Crippen LogP contribution >= 0.6 is 15.6 Å². The SMILES string of the molecule is CCCCCCCCCCCCCCC(=O)O[C@H](COC(=O)CCCCCCCCCCC)COP(=O)(O)OC[C@@H](O)COP(=O)(O)OC[C@@H](COC(=O)CCCCCCCCCCC)OC(=O)CCCCCCCCCCC. The number of ether oxygens (including phenoxy) is 4. The van der Waals surface area contributed by atoms with E-state index < -0.39 is 97.5 Å². The Balaban J connectivity index is 5.21. The van der Waals surface area contributed by atoms with Crippen molar-refractivity contribution in [3.8, 4) is 0 Å². The fourth-order valence-electron chi connectivity index (χ4n) is 8.93. The van der Waals surface area contributed by atoms with Crippen LogP contribution in [0.5, 0.6) is 0 Å². The number of aliphatic hydroxyl groups is 1. The van der Waals surface area contributed by atoms with Gasteiger partial charge in [0, 0.05) is 25.7 Å². The second kappa shape index (κ2) is 55.3. The number of phosphoric ester groups is 2. The molecule has 468 valence electrons. The van der Waals surface area contributed by atoms with Gasteiger partial charge < -0.3 is 33.8 Å². The largest absolute Gasteiger partial charge is 0.472 e. The van der Waals surface area contributed by atoms with Crippen LogP contribution in [0.1, 0.15) is 304 Å². The number of unbranched alkanes of at least 4 members (excludes halogenated alkanes) is 35. The minimum absolute atomic E-state index is 0.106. The highest BCUT2D eigenvalue weighted by Crippen LogP contribution is 2.45. The summed E-state index contributed by atoms with van der Waals surface area (Å²) in [4.78, 5) is 71.9. The minimum atomic E-state index is -4.94. The zero-order chi connectivity index (χ0) is 58.3. The van der Waals surface area contributed by atoms with Crippen LogP contribution in [-0.4, -0.2) is 96.7 Å². The van der Waals surface area contributed by atoms with Crippen molar-refractivity contribution in [2.75, 3.05) is 39.6 Å². The number of esters is 4. The molecular formula is C60H116O17P2. The lowest BCUT2D eigenvalue weighted by Gasteiger charge is -2.21. The van der Waals surface area contributed by atoms with E-state index in [0.29, 0.717) is 25.7 Å². The third kappa shape index (κ3) is 55.0. The summed E-state index contributed by atoms with van der Waals surface area (Å²) < 4.78 is 67.7. The average molecular weight is 1170 g/mol. The normalized spacial score (nSPS) is 14.3. The zero-order valence-electron chi connectivity index (χ0n) is 50.3. The van der Waals surface area contributed by atoms with E-state index in [1.807, 2.05) is 0 Å². The van der Waals surface area contributed by atoms with Crippen molar-refractivity contribution in [2.24, 2.45) is 0 Å². The van der Waals surface area contributed by atoms with E-state index in [1.54, 1.807) is 0 Å². The van der Waals surface area contributed by atoms with Crippen LogP contribution in [0.15, 0.2) is 0 Å². The van der Waals surface area contributed by atoms with Gasteiger partial charge in [0.05, 0.1) is 26.4 Å². The lowest BCUT2D eigenvalue weighted by molar-refractivity contribution is -0.161. The fourth-order valence-corrected chi connectivity index (χ4v) is 10.5. The molecule has 5 atom stereocenters. The number of carbonyl (C=O) groups is 4. The quantitative estimate of drug-likeness (QED) is 0.0222. The number of hydrogen-bond donors (Lipinski definition) is 3. The lowest BCUT2D eigenvalue weighted by Crippen LogP contribution is -2.30. The van der Waals surface area contributed by atoms with E-state index >= 15 is 0 Å². The summed E-state index contributed by atoms with van der Waals surface area (Å²) in [5.74, 6) is -2.14. The number of phosphoric acid groups is 2. The van der Waals surface area contributed by atoms with Crippen molar-refractivity contribution in [1.82, 2.24) is 0 Å². The molecule has 0 aromatic carbocycles. The minimum Gasteiger partial charge on any atom is -0.462 e. The molecule has 0 aliphatic rings. The highest BCUT2D eigenvalue weighted by molar-refractivity contribution is 7.47. The molecule has 3 N–H and O–H groups in total. The van der Waals surface area contributed by atoms with Gasteiger partial charge >= 0.3 is 39.5 Å². The highest BCUT2D eigenvalue weighted by atomic mass is 31.2. The summed E-state index contributed by atoms with van der Waals surface area (Å²) >= 11 is 0. The topological polar surface area (TPSA) is 237 Å². The van der Waals surface area contributed by atoms with Crippen molar-refractivity contribution in [3.63, 3.8) is 0 Å². The molecule has 0 saturated heterocycles. The Bertz CT molecular complexity index is 1540. The molecule has 0 aliphatic heterocycles. The van der Waals surface area contributed by atoms with Gasteiger partial charge in [-0.25, -0.2) is 9.13 Å². The maximum atomic E-state index is 12.9. The monoisotopic (exact) mass is 1170 g/mol. The van der Waals surface area contributed by atoms with Gasteiger partial charge in [-0.05, 0) is 25.7 Å². The number of carbonyl (C=O) groups excluding carboxylic acids is 4. The Kier molecular flexibility index (Phi) is 53.9. The van der Waals surface area contributed by atoms with Crippen LogP contribution in [-0.2, 0) is 65.4 Å². The summed E-state index contributed by atoms with van der Waals surface area (Å²) in [5, 5.41) is 10.5. The van der Waals surface area contributed by atoms with Gasteiger partial charge in [0.15, 0.2) is 12.2 Å². The third-order valence-corrected chi connectivity index (χ3v) is 15.8. The molecule has 79 heavy (non-hydrogen) atoms. The average Bonchev–Trinajstić information content (AvgIpc) is 3.42. The molecule has 0 fully saturated rings. The number of aliphatic hydroxyl groups excluding tert-OH is 1. The highest BCUT2D eigenvalue weighted by Gasteiger charge is 2.30. The van der Waals surface area contributed by atoms with Crippen LogP contribution in [0, 0.1) is 0 Å². The molecule has 0 spiro atoms. The van der Waals surface area contributed by atoms with Gasteiger partial charge in [-0.1, -0.05) is 252 Å². The Morgan fingerprint density at radius 3 is 0.747 bits per heavy atom. The van der Waals surface area contributed by atoms with Crippen LogP contribution in [0.2, 0.25) is 0 Å². The van der Waals surface area contributed by atoms with E-state index in [1.165, 1.54) is 135 Å². The summed E-state index contributed by atoms with van der Waals surface area (Å²) in [5.41, 5.74) is 0. The Hall–Kier alpha value is -1.94. The Morgan fingerprint density at radius 1 is 0.304 bits per heavy atom. The fraction of sp³-hybridized carbons (Fsp3) is 0.933. The molecule has 0 aliphatic carbocycles. The van der Waals surface area contributed by atoms with Gasteiger partial charge in [-0.2, -0.15) is 0 Å². The van der Waals surface area contributed by atoms with Gasteiger partial charge in [0.25, 0.3) is 0 Å². The summed E-state index contributed by atoms with van der Waals surface area (Å²) in [6.45, 7) is 4.82. The predicted octanol–water partition coefficient (Wildman–Crippen LogP) is 16.4. The summed E-state index contributed by atoms with van der Waals surface area (Å²) in [6, 6.07) is 0. The molecule has 2 unspecified atom stereocenters. The van der Waals surface area contributed by atoms with Crippen LogP contribution in [0.25, 0.3) is 0 Å². The van der Waals surface area contributed by atoms with Crippen molar-refractivity contribution < 1.29 is 80.2 Å². The second-order valence-electron chi connectivity index (χ2n) is 21.7. The van der Waals surface area contributed by atoms with Crippen molar-refractivity contribution in [3.05, 3.63) is 0 Å². The van der Waals surface area contributed by atoms with Gasteiger partial charge in [0.1, 0.15) is 19.3 Å². The maximum absolute atomic E-state index is 12.9. The predicted molar refractivity (Wildman–Crippen MR) is 312 cm³/mol. The lowest BCUT2D eigenvalue weighted by atomic mass is 10.0. The van der Waals surface area contributed by atoms with Crippen LogP contribution < -0.4 is 0 Å². The van der Waals surface area contributed by atoms with E-state index in [4.69, 9.17) is 37.0 Å². The van der Waals surface area contributed by atoms with Gasteiger partial charge in [-0.15, -0.1) is 0 Å². The maximum Gasteiger partial charge on any atom is 0.472 e. The molecule has 0 rings (SSSR count). The number of rotatable bonds is 61. The molecular weight excluding hydrogens is 1050 g/mol. The first kappa shape index (κ1) is 77.1.